The molecule has 0 fully saturated rings. The molecule has 128 valence electrons. The summed E-state index contributed by atoms with van der Waals surface area (Å²) in [6, 6.07) is 8.79. The van der Waals surface area contributed by atoms with Gasteiger partial charge in [0, 0.05) is 12.1 Å². The van der Waals surface area contributed by atoms with Gasteiger partial charge in [-0.05, 0) is 30.3 Å². The van der Waals surface area contributed by atoms with Crippen LogP contribution in [0.25, 0.3) is 17.5 Å². The molecule has 25 heavy (non-hydrogen) atoms. The number of ether oxygens (including phenoxy) is 2. The maximum Gasteiger partial charge on any atom is 0.250 e. The fourth-order valence-electron chi connectivity index (χ4n) is 2.13. The van der Waals surface area contributed by atoms with Gasteiger partial charge in [-0.25, -0.2) is 0 Å². The molecule has 2 N–H and O–H groups in total. The van der Waals surface area contributed by atoms with Crippen molar-refractivity contribution in [3.05, 3.63) is 48.4 Å². The minimum atomic E-state index is -0.372. The number of rotatable bonds is 6. The number of furan rings is 1. The Kier molecular flexibility index (Phi) is 4.79. The van der Waals surface area contributed by atoms with E-state index in [-0.39, 0.29) is 11.9 Å². The minimum absolute atomic E-state index is 0.155. The highest BCUT2D eigenvalue weighted by Gasteiger charge is 2.13. The summed E-state index contributed by atoms with van der Waals surface area (Å²) in [4.78, 5) is 16.1. The Morgan fingerprint density at radius 2 is 2.16 bits per heavy atom. The van der Waals surface area contributed by atoms with Gasteiger partial charge in [0.15, 0.2) is 5.82 Å². The van der Waals surface area contributed by atoms with Gasteiger partial charge >= 0.3 is 0 Å². The van der Waals surface area contributed by atoms with Gasteiger partial charge in [0.2, 0.25) is 5.95 Å². The van der Waals surface area contributed by atoms with E-state index in [1.807, 2.05) is 0 Å². The van der Waals surface area contributed by atoms with Gasteiger partial charge < -0.3 is 13.9 Å². The molecule has 0 aliphatic heterocycles. The van der Waals surface area contributed by atoms with E-state index < -0.39 is 0 Å². The van der Waals surface area contributed by atoms with Crippen LogP contribution in [0, 0.1) is 0 Å². The van der Waals surface area contributed by atoms with Gasteiger partial charge in [0.1, 0.15) is 17.3 Å². The van der Waals surface area contributed by atoms with Crippen LogP contribution < -0.4 is 14.8 Å². The number of anilines is 1. The van der Waals surface area contributed by atoms with Crippen LogP contribution in [-0.2, 0) is 4.79 Å². The molecular formula is C17H16N4O4. The summed E-state index contributed by atoms with van der Waals surface area (Å²) in [6.45, 7) is 0. The van der Waals surface area contributed by atoms with E-state index in [1.54, 1.807) is 50.6 Å². The number of methoxy groups -OCH3 is 2. The fraction of sp³-hybridized carbons (Fsp3) is 0.118. The summed E-state index contributed by atoms with van der Waals surface area (Å²) in [6.07, 6.45) is 4.42. The predicted molar refractivity (Wildman–Crippen MR) is 91.3 cm³/mol. The number of carbonyl (C=O) groups excluding carboxylic acids is 1. The van der Waals surface area contributed by atoms with Crippen LogP contribution in [0.3, 0.4) is 0 Å². The van der Waals surface area contributed by atoms with Gasteiger partial charge in [0.25, 0.3) is 5.91 Å². The van der Waals surface area contributed by atoms with Crippen molar-refractivity contribution in [2.24, 2.45) is 0 Å². The van der Waals surface area contributed by atoms with Gasteiger partial charge in [-0.15, -0.1) is 5.10 Å². The lowest BCUT2D eigenvalue weighted by Crippen LogP contribution is -2.09. The number of hydrogen-bond acceptors (Lipinski definition) is 6. The molecule has 8 nitrogen and oxygen atoms in total. The van der Waals surface area contributed by atoms with Crippen molar-refractivity contribution in [1.29, 1.82) is 0 Å². The fourth-order valence-corrected chi connectivity index (χ4v) is 2.13. The van der Waals surface area contributed by atoms with E-state index in [0.29, 0.717) is 28.6 Å². The second-order valence-electron chi connectivity index (χ2n) is 4.91. The van der Waals surface area contributed by atoms with E-state index in [4.69, 9.17) is 13.9 Å². The first-order valence-corrected chi connectivity index (χ1v) is 7.37. The predicted octanol–water partition coefficient (Wildman–Crippen LogP) is 2.73. The van der Waals surface area contributed by atoms with E-state index in [0.717, 1.165) is 0 Å². The number of aromatic nitrogens is 3. The van der Waals surface area contributed by atoms with Crippen molar-refractivity contribution in [3.8, 4) is 22.9 Å². The first-order chi connectivity index (χ1) is 12.2. The maximum absolute atomic E-state index is 11.9. The maximum atomic E-state index is 11.9. The zero-order valence-corrected chi connectivity index (χ0v) is 13.6. The molecule has 0 unspecified atom stereocenters. The Morgan fingerprint density at radius 3 is 2.88 bits per heavy atom. The first kappa shape index (κ1) is 16.3. The van der Waals surface area contributed by atoms with Crippen LogP contribution in [-0.4, -0.2) is 35.3 Å². The van der Waals surface area contributed by atoms with Crippen LogP contribution in [0.5, 0.6) is 11.5 Å². The number of nitrogens with one attached hydrogen (secondary N) is 2. The molecule has 0 bridgehead atoms. The number of aromatic amines is 1. The first-order valence-electron chi connectivity index (χ1n) is 7.37. The Morgan fingerprint density at radius 1 is 1.28 bits per heavy atom. The van der Waals surface area contributed by atoms with Crippen LogP contribution in [0.2, 0.25) is 0 Å². The molecule has 0 saturated heterocycles. The van der Waals surface area contributed by atoms with Crippen molar-refractivity contribution < 1.29 is 18.7 Å². The van der Waals surface area contributed by atoms with Crippen molar-refractivity contribution in [1.82, 2.24) is 15.2 Å². The quantitative estimate of drug-likeness (QED) is 0.669. The zero-order valence-electron chi connectivity index (χ0n) is 13.6. The monoisotopic (exact) mass is 340 g/mol. The number of carbonyl (C=O) groups is 1. The lowest BCUT2D eigenvalue weighted by Gasteiger charge is -2.07. The molecule has 3 aromatic rings. The number of nitrogens with zero attached hydrogens (tertiary/aromatic N) is 2. The lowest BCUT2D eigenvalue weighted by atomic mass is 10.2. The molecule has 0 aliphatic carbocycles. The molecule has 0 spiro atoms. The van der Waals surface area contributed by atoms with E-state index in [9.17, 15) is 4.79 Å². The van der Waals surface area contributed by atoms with Crippen molar-refractivity contribution >= 4 is 17.9 Å². The van der Waals surface area contributed by atoms with Crippen LogP contribution >= 0.6 is 0 Å². The van der Waals surface area contributed by atoms with Gasteiger partial charge in [0.05, 0.1) is 26.0 Å². The molecule has 0 aliphatic rings. The molecule has 0 atom stereocenters. The lowest BCUT2D eigenvalue weighted by molar-refractivity contribution is -0.111. The van der Waals surface area contributed by atoms with Gasteiger partial charge in [-0.2, -0.15) is 4.98 Å². The molecular weight excluding hydrogens is 324 g/mol. The Balaban J connectivity index is 1.73. The molecule has 2 heterocycles. The summed E-state index contributed by atoms with van der Waals surface area (Å²) in [5.74, 6) is 2.06. The highest BCUT2D eigenvalue weighted by Crippen LogP contribution is 2.31. The summed E-state index contributed by atoms with van der Waals surface area (Å²) in [5.41, 5.74) is 0.697. The molecule has 1 amide bonds. The van der Waals surface area contributed by atoms with Gasteiger partial charge in [-0.3, -0.25) is 15.2 Å². The Hall–Kier alpha value is -3.55. The molecule has 1 aromatic carbocycles. The average Bonchev–Trinajstić information content (AvgIpc) is 3.31. The third-order valence-corrected chi connectivity index (χ3v) is 3.33. The SMILES string of the molecule is COc1ccc(-c2nc(NC(=O)/C=C/c3ccco3)n[nH]2)c(OC)c1. The van der Waals surface area contributed by atoms with Crippen LogP contribution in [0.4, 0.5) is 5.95 Å². The van der Waals surface area contributed by atoms with Gasteiger partial charge in [-0.1, -0.05) is 0 Å². The van der Waals surface area contributed by atoms with Crippen molar-refractivity contribution in [2.75, 3.05) is 19.5 Å². The third-order valence-electron chi connectivity index (χ3n) is 3.33. The standard InChI is InChI=1S/C17H16N4O4/c1-23-12-5-7-13(14(10-12)24-2)16-19-17(21-20-16)18-15(22)8-6-11-4-3-9-25-11/h3-10H,1-2H3,(H2,18,19,20,21,22)/b8-6+. The molecule has 8 heteroatoms. The number of benzene rings is 1. The minimum Gasteiger partial charge on any atom is -0.497 e. The van der Waals surface area contributed by atoms with Crippen molar-refractivity contribution in [2.45, 2.75) is 0 Å². The van der Waals surface area contributed by atoms with Crippen LogP contribution in [0.1, 0.15) is 5.76 Å². The summed E-state index contributed by atoms with van der Waals surface area (Å²) in [7, 11) is 3.13. The summed E-state index contributed by atoms with van der Waals surface area (Å²) < 4.78 is 15.6. The molecule has 0 saturated carbocycles. The van der Waals surface area contributed by atoms with E-state index >= 15 is 0 Å². The smallest absolute Gasteiger partial charge is 0.250 e. The molecule has 0 radical (unpaired) electrons. The second kappa shape index (κ2) is 7.35. The Labute approximate surface area is 143 Å². The number of amides is 1. The highest BCUT2D eigenvalue weighted by atomic mass is 16.5. The third kappa shape index (κ3) is 3.86. The normalized spacial score (nSPS) is 10.8. The van der Waals surface area contributed by atoms with E-state index in [2.05, 4.69) is 20.5 Å². The average molecular weight is 340 g/mol. The number of hydrogen-bond donors (Lipinski definition) is 2. The van der Waals surface area contributed by atoms with E-state index in [1.165, 1.54) is 12.3 Å². The highest BCUT2D eigenvalue weighted by molar-refractivity contribution is 6.00. The topological polar surface area (TPSA) is 102 Å². The second-order valence-corrected chi connectivity index (χ2v) is 4.91. The summed E-state index contributed by atoms with van der Waals surface area (Å²) in [5, 5.41) is 9.32. The largest absolute Gasteiger partial charge is 0.497 e. The van der Waals surface area contributed by atoms with Crippen LogP contribution in [0.15, 0.2) is 47.1 Å². The summed E-state index contributed by atoms with van der Waals surface area (Å²) >= 11 is 0. The zero-order chi connectivity index (χ0) is 17.6. The molecule has 2 aromatic heterocycles. The molecule has 3 rings (SSSR count). The Bertz CT molecular complexity index is 884. The van der Waals surface area contributed by atoms with Crippen molar-refractivity contribution in [3.63, 3.8) is 0 Å². The number of H-pyrrole nitrogens is 1.